The van der Waals surface area contributed by atoms with Gasteiger partial charge in [-0.05, 0) is 24.6 Å². The molecule has 6 nitrogen and oxygen atoms in total. The van der Waals surface area contributed by atoms with E-state index in [0.29, 0.717) is 34.4 Å². The van der Waals surface area contributed by atoms with E-state index in [2.05, 4.69) is 15.3 Å². The lowest BCUT2D eigenvalue weighted by molar-refractivity contribution is -0.117. The molecule has 0 fully saturated rings. The molecule has 0 saturated carbocycles. The molecular formula is C15H15FN4O2S. The minimum Gasteiger partial charge on any atom is -0.369 e. The average molecular weight is 334 g/mol. The smallest absolute Gasteiger partial charge is 0.221 e. The molecule has 2 aromatic rings. The predicted octanol–water partition coefficient (Wildman–Crippen LogP) is 1.36. The monoisotopic (exact) mass is 334 g/mol. The van der Waals surface area contributed by atoms with Gasteiger partial charge in [-0.25, -0.2) is 14.4 Å². The van der Waals surface area contributed by atoms with Crippen LogP contribution in [0.3, 0.4) is 0 Å². The van der Waals surface area contributed by atoms with E-state index in [0.717, 1.165) is 5.69 Å². The van der Waals surface area contributed by atoms with Gasteiger partial charge in [-0.3, -0.25) is 9.00 Å². The fourth-order valence-corrected chi connectivity index (χ4v) is 3.80. The number of anilines is 2. The Morgan fingerprint density at radius 3 is 2.91 bits per heavy atom. The predicted molar refractivity (Wildman–Crippen MR) is 84.3 cm³/mol. The molecule has 0 radical (unpaired) electrons. The van der Waals surface area contributed by atoms with Gasteiger partial charge in [-0.1, -0.05) is 6.07 Å². The van der Waals surface area contributed by atoms with Crippen LogP contribution in [0, 0.1) is 12.7 Å². The van der Waals surface area contributed by atoms with Gasteiger partial charge in [0.2, 0.25) is 5.91 Å². The molecule has 23 heavy (non-hydrogen) atoms. The van der Waals surface area contributed by atoms with Crippen LogP contribution < -0.4 is 11.1 Å². The first-order chi connectivity index (χ1) is 10.9. The Kier molecular flexibility index (Phi) is 4.08. The molecule has 1 unspecified atom stereocenters. The van der Waals surface area contributed by atoms with Gasteiger partial charge in [0.1, 0.15) is 16.5 Å². The van der Waals surface area contributed by atoms with Crippen LogP contribution in [0.25, 0.3) is 0 Å². The van der Waals surface area contributed by atoms with Crippen molar-refractivity contribution in [1.29, 1.82) is 0 Å². The largest absolute Gasteiger partial charge is 0.369 e. The second kappa shape index (κ2) is 6.04. The second-order valence-electron chi connectivity index (χ2n) is 5.27. The van der Waals surface area contributed by atoms with Gasteiger partial charge in [-0.15, -0.1) is 0 Å². The van der Waals surface area contributed by atoms with Crippen molar-refractivity contribution in [2.24, 2.45) is 5.73 Å². The van der Waals surface area contributed by atoms with Crippen LogP contribution in [0.5, 0.6) is 0 Å². The van der Waals surface area contributed by atoms with Crippen LogP contribution in [0.15, 0.2) is 23.1 Å². The quantitative estimate of drug-likeness (QED) is 0.880. The minimum atomic E-state index is -1.15. The molecule has 1 aromatic heterocycles. The van der Waals surface area contributed by atoms with E-state index in [9.17, 15) is 13.4 Å². The zero-order chi connectivity index (χ0) is 16.6. The van der Waals surface area contributed by atoms with Crippen molar-refractivity contribution in [2.75, 3.05) is 11.1 Å². The summed E-state index contributed by atoms with van der Waals surface area (Å²) in [6, 6.07) is 4.39. The molecule has 0 saturated heterocycles. The Hall–Kier alpha value is -2.35. The molecule has 1 aliphatic rings. The zero-order valence-corrected chi connectivity index (χ0v) is 13.2. The molecule has 2 heterocycles. The van der Waals surface area contributed by atoms with Gasteiger partial charge >= 0.3 is 0 Å². The Morgan fingerprint density at radius 1 is 1.43 bits per heavy atom. The summed E-state index contributed by atoms with van der Waals surface area (Å²) in [5, 5.41) is 3.00. The number of aryl methyl sites for hydroxylation is 2. The summed E-state index contributed by atoms with van der Waals surface area (Å²) < 4.78 is 26.1. The molecule has 1 atom stereocenters. The number of carbonyl (C=O) groups is 1. The Morgan fingerprint density at radius 2 is 2.22 bits per heavy atom. The number of nitrogens with two attached hydrogens (primary N) is 1. The highest BCUT2D eigenvalue weighted by Crippen LogP contribution is 2.30. The Labute approximate surface area is 134 Å². The Balaban J connectivity index is 1.93. The SMILES string of the molecule is Cc1nc2c(c(Nc3ccc(CC(N)=O)c(F)c3)n1)S(=O)CC2. The van der Waals surface area contributed by atoms with Crippen LogP contribution in [-0.2, 0) is 28.4 Å². The van der Waals surface area contributed by atoms with Gasteiger partial charge in [0.25, 0.3) is 0 Å². The van der Waals surface area contributed by atoms with E-state index >= 15 is 0 Å². The molecule has 3 N–H and O–H groups in total. The van der Waals surface area contributed by atoms with Crippen molar-refractivity contribution in [1.82, 2.24) is 9.97 Å². The number of benzene rings is 1. The van der Waals surface area contributed by atoms with Crippen LogP contribution >= 0.6 is 0 Å². The van der Waals surface area contributed by atoms with Gasteiger partial charge in [0.05, 0.1) is 22.9 Å². The van der Waals surface area contributed by atoms with Crippen molar-refractivity contribution >= 4 is 28.2 Å². The highest BCUT2D eigenvalue weighted by atomic mass is 32.2. The summed E-state index contributed by atoms with van der Waals surface area (Å²) in [5.74, 6) is 0.400. The third kappa shape index (κ3) is 3.21. The second-order valence-corrected chi connectivity index (χ2v) is 6.78. The summed E-state index contributed by atoms with van der Waals surface area (Å²) in [4.78, 5) is 20.0. The third-order valence-electron chi connectivity index (χ3n) is 3.48. The number of nitrogens with zero attached hydrogens (tertiary/aromatic N) is 2. The summed E-state index contributed by atoms with van der Waals surface area (Å²) in [6.45, 7) is 1.75. The van der Waals surface area contributed by atoms with Crippen molar-refractivity contribution in [3.8, 4) is 0 Å². The number of carbonyl (C=O) groups excluding carboxylic acids is 1. The number of fused-ring (bicyclic) bond motifs is 1. The van der Waals surface area contributed by atoms with Crippen LogP contribution in [-0.4, -0.2) is 25.8 Å². The molecule has 0 spiro atoms. The van der Waals surface area contributed by atoms with Crippen molar-refractivity contribution < 1.29 is 13.4 Å². The summed E-state index contributed by atoms with van der Waals surface area (Å²) in [5.41, 5.74) is 6.53. The van der Waals surface area contributed by atoms with E-state index in [1.165, 1.54) is 12.1 Å². The number of nitrogens with one attached hydrogen (secondary N) is 1. The lowest BCUT2D eigenvalue weighted by atomic mass is 10.1. The number of rotatable bonds is 4. The lowest BCUT2D eigenvalue weighted by Crippen LogP contribution is -2.14. The van der Waals surface area contributed by atoms with Crippen LogP contribution in [0.4, 0.5) is 15.9 Å². The van der Waals surface area contributed by atoms with E-state index in [-0.39, 0.29) is 12.0 Å². The first kappa shape index (κ1) is 15.5. The molecular weight excluding hydrogens is 319 g/mol. The molecule has 120 valence electrons. The maximum Gasteiger partial charge on any atom is 0.221 e. The lowest BCUT2D eigenvalue weighted by Gasteiger charge is -2.11. The van der Waals surface area contributed by atoms with Gasteiger partial charge in [-0.2, -0.15) is 0 Å². The fraction of sp³-hybridized carbons (Fsp3) is 0.267. The summed E-state index contributed by atoms with van der Waals surface area (Å²) >= 11 is 0. The fourth-order valence-electron chi connectivity index (χ4n) is 2.50. The average Bonchev–Trinajstić information content (AvgIpc) is 2.83. The number of amides is 1. The minimum absolute atomic E-state index is 0.155. The maximum absolute atomic E-state index is 14.0. The molecule has 8 heteroatoms. The number of primary amides is 1. The molecule has 1 aromatic carbocycles. The molecule has 0 bridgehead atoms. The maximum atomic E-state index is 14.0. The molecule has 0 aliphatic carbocycles. The molecule has 3 rings (SSSR count). The van der Waals surface area contributed by atoms with Crippen LogP contribution in [0.2, 0.25) is 0 Å². The number of halogens is 1. The number of hydrogen-bond donors (Lipinski definition) is 2. The van der Waals surface area contributed by atoms with Gasteiger partial charge < -0.3 is 11.1 Å². The molecule has 1 aliphatic heterocycles. The number of hydrogen-bond acceptors (Lipinski definition) is 5. The zero-order valence-electron chi connectivity index (χ0n) is 12.4. The normalized spacial score (nSPS) is 16.2. The highest BCUT2D eigenvalue weighted by Gasteiger charge is 2.25. The summed E-state index contributed by atoms with van der Waals surface area (Å²) in [6.07, 6.45) is 0.490. The Bertz CT molecular complexity index is 825. The molecule has 1 amide bonds. The van der Waals surface area contributed by atoms with E-state index in [1.807, 2.05) is 0 Å². The first-order valence-electron chi connectivity index (χ1n) is 7.03. The standard InChI is InChI=1S/C15H15FN4O2S/c1-8-18-12-4-5-23(22)14(12)15(19-8)20-10-3-2-9(6-13(17)21)11(16)7-10/h2-3,7H,4-6H2,1H3,(H2,17,21)(H,18,19,20). The van der Waals surface area contributed by atoms with Crippen molar-refractivity contribution in [3.05, 3.63) is 41.1 Å². The first-order valence-corrected chi connectivity index (χ1v) is 8.35. The highest BCUT2D eigenvalue weighted by molar-refractivity contribution is 7.85. The van der Waals surface area contributed by atoms with Crippen molar-refractivity contribution in [3.63, 3.8) is 0 Å². The van der Waals surface area contributed by atoms with Gasteiger partial charge in [0, 0.05) is 17.9 Å². The van der Waals surface area contributed by atoms with E-state index in [1.54, 1.807) is 13.0 Å². The van der Waals surface area contributed by atoms with Gasteiger partial charge in [0.15, 0.2) is 5.82 Å². The van der Waals surface area contributed by atoms with E-state index in [4.69, 9.17) is 5.73 Å². The van der Waals surface area contributed by atoms with Crippen molar-refractivity contribution in [2.45, 2.75) is 24.7 Å². The summed E-state index contributed by atoms with van der Waals surface area (Å²) in [7, 11) is -1.15. The third-order valence-corrected chi connectivity index (χ3v) is 4.94. The number of aromatic nitrogens is 2. The van der Waals surface area contributed by atoms with E-state index < -0.39 is 22.5 Å². The topological polar surface area (TPSA) is 98.0 Å². The van der Waals surface area contributed by atoms with Crippen LogP contribution in [0.1, 0.15) is 17.1 Å².